The second-order valence-electron chi connectivity index (χ2n) is 7.53. The number of carboxylic acid groups (broad SMARTS) is 1. The predicted molar refractivity (Wildman–Crippen MR) is 117 cm³/mol. The average Bonchev–Trinajstić information content (AvgIpc) is 2.75. The molecule has 2 N–H and O–H groups in total. The fraction of sp³-hybridized carbons (Fsp3) is 0.522. The molecule has 0 bridgehead atoms. The minimum absolute atomic E-state index is 0.0753. The van der Waals surface area contributed by atoms with Gasteiger partial charge in [0.05, 0.1) is 22.6 Å². The van der Waals surface area contributed by atoms with Crippen molar-refractivity contribution in [1.29, 1.82) is 0 Å². The highest BCUT2D eigenvalue weighted by Crippen LogP contribution is 2.39. The van der Waals surface area contributed by atoms with E-state index in [9.17, 15) is 18.3 Å². The Hall–Kier alpha value is -2.52. The molecule has 168 valence electrons. The van der Waals surface area contributed by atoms with Crippen molar-refractivity contribution in [2.24, 2.45) is 5.41 Å². The van der Waals surface area contributed by atoms with Crippen molar-refractivity contribution in [3.05, 3.63) is 24.3 Å². The van der Waals surface area contributed by atoms with Crippen LogP contribution < -0.4 is 4.74 Å². The standard InChI is InChI=1S/C23H29NO6S/c1-3-5-16-30-20-8-10-21(11-9-20)31(28,29)18-23(22(26)27)12-14-24(13-6-7-15-25)19(4-2)17-23/h8-11,19,25H,4,12-18H2,1-2H3,(H,26,27). The van der Waals surface area contributed by atoms with Crippen molar-refractivity contribution in [2.75, 3.05) is 32.1 Å². The summed E-state index contributed by atoms with van der Waals surface area (Å²) in [5.41, 5.74) is -1.35. The normalized spacial score (nSPS) is 21.3. The molecule has 1 saturated heterocycles. The molecule has 1 aromatic carbocycles. The van der Waals surface area contributed by atoms with Gasteiger partial charge in [0.15, 0.2) is 9.84 Å². The molecule has 2 rings (SSSR count). The molecule has 2 unspecified atom stereocenters. The summed E-state index contributed by atoms with van der Waals surface area (Å²) < 4.78 is 31.6. The number of ether oxygens (including phenoxy) is 1. The van der Waals surface area contributed by atoms with Crippen LogP contribution in [0.4, 0.5) is 0 Å². The zero-order valence-corrected chi connectivity index (χ0v) is 18.7. The largest absolute Gasteiger partial charge is 0.481 e. The molecule has 2 atom stereocenters. The fourth-order valence-electron chi connectivity index (χ4n) is 3.82. The molecule has 1 aromatic rings. The highest BCUT2D eigenvalue weighted by molar-refractivity contribution is 7.91. The quantitative estimate of drug-likeness (QED) is 0.586. The van der Waals surface area contributed by atoms with E-state index in [-0.39, 0.29) is 37.0 Å². The third kappa shape index (κ3) is 6.48. The average molecular weight is 448 g/mol. The van der Waals surface area contributed by atoms with Crippen LogP contribution in [0.3, 0.4) is 0 Å². The summed E-state index contributed by atoms with van der Waals surface area (Å²) in [6, 6.07) is 5.89. The Balaban J connectivity index is 2.19. The second-order valence-corrected chi connectivity index (χ2v) is 9.52. The van der Waals surface area contributed by atoms with Gasteiger partial charge in [0, 0.05) is 12.6 Å². The fourth-order valence-corrected chi connectivity index (χ4v) is 5.65. The summed E-state index contributed by atoms with van der Waals surface area (Å²) in [7, 11) is -3.82. The van der Waals surface area contributed by atoms with Gasteiger partial charge in [-0.1, -0.05) is 24.7 Å². The summed E-state index contributed by atoms with van der Waals surface area (Å²) in [6.45, 7) is 4.50. The molecule has 0 saturated carbocycles. The molecule has 1 aliphatic rings. The van der Waals surface area contributed by atoms with Gasteiger partial charge in [0.2, 0.25) is 0 Å². The number of hydrogen-bond donors (Lipinski definition) is 2. The molecular formula is C23H29NO6S. The van der Waals surface area contributed by atoms with Gasteiger partial charge < -0.3 is 14.9 Å². The Morgan fingerprint density at radius 3 is 2.55 bits per heavy atom. The van der Waals surface area contributed by atoms with E-state index in [0.717, 1.165) is 0 Å². The molecule has 0 spiro atoms. The number of benzene rings is 1. The van der Waals surface area contributed by atoms with E-state index in [1.807, 2.05) is 6.92 Å². The molecular weight excluding hydrogens is 418 g/mol. The Labute approximate surface area is 184 Å². The zero-order valence-electron chi connectivity index (χ0n) is 17.9. The number of carboxylic acids is 1. The number of aliphatic carboxylic acids is 1. The van der Waals surface area contributed by atoms with Gasteiger partial charge in [-0.3, -0.25) is 9.69 Å². The lowest BCUT2D eigenvalue weighted by atomic mass is 9.76. The van der Waals surface area contributed by atoms with Gasteiger partial charge in [-0.25, -0.2) is 8.42 Å². The molecule has 8 heteroatoms. The van der Waals surface area contributed by atoms with Crippen LogP contribution in [0.25, 0.3) is 0 Å². The number of carbonyl (C=O) groups is 1. The zero-order chi connectivity index (χ0) is 22.9. The van der Waals surface area contributed by atoms with Gasteiger partial charge in [0.25, 0.3) is 0 Å². The van der Waals surface area contributed by atoms with Crippen LogP contribution in [0.1, 0.15) is 33.1 Å². The van der Waals surface area contributed by atoms with Crippen LogP contribution >= 0.6 is 0 Å². The highest BCUT2D eigenvalue weighted by atomic mass is 32.2. The number of nitrogens with zero attached hydrogens (tertiary/aromatic N) is 1. The third-order valence-corrected chi connectivity index (χ3v) is 7.49. The molecule has 0 amide bonds. The first-order valence-electron chi connectivity index (χ1n) is 10.2. The maximum Gasteiger partial charge on any atom is 0.310 e. The van der Waals surface area contributed by atoms with Gasteiger partial charge in [-0.15, -0.1) is 5.92 Å². The summed E-state index contributed by atoms with van der Waals surface area (Å²) in [6.07, 6.45) is 1.13. The summed E-state index contributed by atoms with van der Waals surface area (Å²) >= 11 is 0. The van der Waals surface area contributed by atoms with Crippen molar-refractivity contribution < 1.29 is 28.2 Å². The molecule has 0 aromatic heterocycles. The summed E-state index contributed by atoms with van der Waals surface area (Å²) in [5, 5.41) is 18.8. The van der Waals surface area contributed by atoms with E-state index in [4.69, 9.17) is 9.84 Å². The van der Waals surface area contributed by atoms with E-state index in [0.29, 0.717) is 25.3 Å². The van der Waals surface area contributed by atoms with E-state index in [2.05, 4.69) is 28.6 Å². The van der Waals surface area contributed by atoms with Crippen molar-refractivity contribution in [3.8, 4) is 29.4 Å². The smallest absolute Gasteiger partial charge is 0.310 e. The molecule has 0 aliphatic carbocycles. The van der Waals surface area contributed by atoms with Crippen LogP contribution in [0.5, 0.6) is 5.75 Å². The highest BCUT2D eigenvalue weighted by Gasteiger charge is 2.48. The van der Waals surface area contributed by atoms with Gasteiger partial charge in [-0.2, -0.15) is 0 Å². The maximum atomic E-state index is 13.1. The van der Waals surface area contributed by atoms with Crippen LogP contribution in [0.2, 0.25) is 0 Å². The van der Waals surface area contributed by atoms with Crippen LogP contribution in [-0.4, -0.2) is 67.6 Å². The number of sulfone groups is 1. The topological polar surface area (TPSA) is 104 Å². The molecule has 31 heavy (non-hydrogen) atoms. The maximum absolute atomic E-state index is 13.1. The van der Waals surface area contributed by atoms with Crippen LogP contribution in [0.15, 0.2) is 29.2 Å². The number of likely N-dealkylation sites (tertiary alicyclic amines) is 1. The first-order valence-corrected chi connectivity index (χ1v) is 11.8. The SMILES string of the molecule is CC#CCOc1ccc(S(=O)(=O)CC2(C(=O)O)CCN(CC#CCO)C(CC)C2)cc1. The van der Waals surface area contributed by atoms with E-state index >= 15 is 0 Å². The van der Waals surface area contributed by atoms with E-state index in [1.54, 1.807) is 19.1 Å². The predicted octanol–water partition coefficient (Wildman–Crippen LogP) is 1.80. The second kappa shape index (κ2) is 11.2. The lowest BCUT2D eigenvalue weighted by molar-refractivity contribution is -0.151. The van der Waals surface area contributed by atoms with Crippen LogP contribution in [-0.2, 0) is 14.6 Å². The van der Waals surface area contributed by atoms with Crippen molar-refractivity contribution in [3.63, 3.8) is 0 Å². The first-order chi connectivity index (χ1) is 14.8. The lowest BCUT2D eigenvalue weighted by Crippen LogP contribution is -2.52. The van der Waals surface area contributed by atoms with Crippen LogP contribution in [0, 0.1) is 29.1 Å². The van der Waals surface area contributed by atoms with E-state index < -0.39 is 27.0 Å². The van der Waals surface area contributed by atoms with Gasteiger partial charge in [0.1, 0.15) is 19.0 Å². The molecule has 1 fully saturated rings. The lowest BCUT2D eigenvalue weighted by Gasteiger charge is -2.43. The number of aliphatic hydroxyl groups is 1. The Morgan fingerprint density at radius 2 is 1.97 bits per heavy atom. The van der Waals surface area contributed by atoms with Crippen molar-refractivity contribution >= 4 is 15.8 Å². The number of aliphatic hydroxyl groups excluding tert-OH is 1. The monoisotopic (exact) mass is 447 g/mol. The minimum Gasteiger partial charge on any atom is -0.481 e. The van der Waals surface area contributed by atoms with Crippen molar-refractivity contribution in [1.82, 2.24) is 4.90 Å². The van der Waals surface area contributed by atoms with E-state index in [1.165, 1.54) is 12.1 Å². The minimum atomic E-state index is -3.82. The number of rotatable bonds is 8. The number of hydrogen-bond acceptors (Lipinski definition) is 6. The molecule has 0 radical (unpaired) electrons. The Bertz CT molecular complexity index is 981. The molecule has 1 aliphatic heterocycles. The Kier molecular flexibility index (Phi) is 8.94. The molecule has 1 heterocycles. The molecule has 7 nitrogen and oxygen atoms in total. The first kappa shape index (κ1) is 24.7. The summed E-state index contributed by atoms with van der Waals surface area (Å²) in [4.78, 5) is 14.4. The third-order valence-electron chi connectivity index (χ3n) is 5.57. The number of piperidine rings is 1. The Morgan fingerprint density at radius 1 is 1.26 bits per heavy atom. The van der Waals surface area contributed by atoms with Gasteiger partial charge in [-0.05, 0) is 50.5 Å². The van der Waals surface area contributed by atoms with Gasteiger partial charge >= 0.3 is 5.97 Å². The van der Waals surface area contributed by atoms with Crippen molar-refractivity contribution in [2.45, 2.75) is 44.0 Å². The summed E-state index contributed by atoms with van der Waals surface area (Å²) in [5.74, 6) is 9.89.